The van der Waals surface area contributed by atoms with Crippen LogP contribution in [0, 0.1) is 0 Å². The first kappa shape index (κ1) is 17.0. The van der Waals surface area contributed by atoms with Crippen LogP contribution < -0.4 is 0 Å². The number of hydrogen-bond donors (Lipinski definition) is 1. The molecule has 1 saturated heterocycles. The van der Waals surface area contributed by atoms with Crippen LogP contribution in [0.1, 0.15) is 29.3 Å². The van der Waals surface area contributed by atoms with Crippen molar-refractivity contribution in [3.63, 3.8) is 0 Å². The van der Waals surface area contributed by atoms with Gasteiger partial charge in [0.05, 0.1) is 19.3 Å². The molecule has 1 aliphatic heterocycles. The van der Waals surface area contributed by atoms with Gasteiger partial charge in [0, 0.05) is 31.4 Å². The van der Waals surface area contributed by atoms with Gasteiger partial charge in [-0.25, -0.2) is 4.98 Å². The first-order valence-electron chi connectivity index (χ1n) is 9.30. The SMILES string of the molecule is c1ccc(C(C[C@H]2CN(Cc3ncc[nH]3)CCO2)c2ccccc2)cc1. The van der Waals surface area contributed by atoms with Crippen LogP contribution in [-0.2, 0) is 11.3 Å². The van der Waals surface area contributed by atoms with Crippen LogP contribution >= 0.6 is 0 Å². The fourth-order valence-electron chi connectivity index (χ4n) is 3.76. The van der Waals surface area contributed by atoms with Gasteiger partial charge in [-0.2, -0.15) is 0 Å². The Morgan fingerprint density at radius 3 is 2.35 bits per heavy atom. The van der Waals surface area contributed by atoms with Crippen LogP contribution in [0.5, 0.6) is 0 Å². The molecule has 4 heteroatoms. The molecule has 3 aromatic rings. The average molecular weight is 347 g/mol. The van der Waals surface area contributed by atoms with Gasteiger partial charge in [0.2, 0.25) is 0 Å². The average Bonchev–Trinajstić information content (AvgIpc) is 3.21. The minimum atomic E-state index is 0.226. The molecule has 26 heavy (non-hydrogen) atoms. The van der Waals surface area contributed by atoms with E-state index >= 15 is 0 Å². The van der Waals surface area contributed by atoms with E-state index in [0.29, 0.717) is 5.92 Å². The first-order valence-corrected chi connectivity index (χ1v) is 9.30. The molecular weight excluding hydrogens is 322 g/mol. The molecule has 1 atom stereocenters. The molecule has 0 unspecified atom stereocenters. The van der Waals surface area contributed by atoms with Gasteiger partial charge in [0.25, 0.3) is 0 Å². The van der Waals surface area contributed by atoms with Gasteiger partial charge in [-0.05, 0) is 17.5 Å². The quantitative estimate of drug-likeness (QED) is 0.737. The standard InChI is InChI=1S/C22H25N3O/c1-3-7-18(8-4-1)21(19-9-5-2-6-10-19)15-20-16-25(13-14-26-20)17-22-23-11-12-24-22/h1-12,20-21H,13-17H2,(H,23,24)/t20-/m0/s1. The third kappa shape index (κ3) is 4.21. The Morgan fingerprint density at radius 1 is 1.04 bits per heavy atom. The summed E-state index contributed by atoms with van der Waals surface area (Å²) < 4.78 is 6.13. The summed E-state index contributed by atoms with van der Waals surface area (Å²) in [6.07, 6.45) is 4.91. The fourth-order valence-corrected chi connectivity index (χ4v) is 3.76. The highest BCUT2D eigenvalue weighted by Gasteiger charge is 2.25. The van der Waals surface area contributed by atoms with Crippen LogP contribution in [0.2, 0.25) is 0 Å². The summed E-state index contributed by atoms with van der Waals surface area (Å²) in [6, 6.07) is 21.5. The number of imidazole rings is 1. The van der Waals surface area contributed by atoms with Gasteiger partial charge in [-0.15, -0.1) is 0 Å². The molecule has 1 N–H and O–H groups in total. The smallest absolute Gasteiger partial charge is 0.120 e. The van der Waals surface area contributed by atoms with Crippen LogP contribution in [0.25, 0.3) is 0 Å². The number of ether oxygens (including phenoxy) is 1. The van der Waals surface area contributed by atoms with Crippen LogP contribution in [0.4, 0.5) is 0 Å². The number of nitrogens with zero attached hydrogens (tertiary/aromatic N) is 2. The maximum absolute atomic E-state index is 6.13. The van der Waals surface area contributed by atoms with Crippen LogP contribution in [0.15, 0.2) is 73.1 Å². The molecule has 2 aromatic carbocycles. The van der Waals surface area contributed by atoms with E-state index in [4.69, 9.17) is 4.74 Å². The zero-order chi connectivity index (χ0) is 17.6. The van der Waals surface area contributed by atoms with E-state index in [-0.39, 0.29) is 6.10 Å². The molecule has 1 fully saturated rings. The predicted molar refractivity (Wildman–Crippen MR) is 103 cm³/mol. The van der Waals surface area contributed by atoms with E-state index in [2.05, 4.69) is 75.5 Å². The fraction of sp³-hybridized carbons (Fsp3) is 0.318. The number of rotatable bonds is 6. The third-order valence-electron chi connectivity index (χ3n) is 5.05. The normalized spacial score (nSPS) is 18.3. The molecule has 0 radical (unpaired) electrons. The molecule has 1 aromatic heterocycles. The van der Waals surface area contributed by atoms with Crippen molar-refractivity contribution in [1.82, 2.24) is 14.9 Å². The Morgan fingerprint density at radius 2 is 1.73 bits per heavy atom. The number of aromatic amines is 1. The van der Waals surface area contributed by atoms with Gasteiger partial charge in [-0.3, -0.25) is 4.90 Å². The van der Waals surface area contributed by atoms with Gasteiger partial charge in [-0.1, -0.05) is 60.7 Å². The van der Waals surface area contributed by atoms with Crippen LogP contribution in [-0.4, -0.2) is 40.7 Å². The molecular formula is C22H25N3O. The van der Waals surface area contributed by atoms with E-state index in [1.54, 1.807) is 0 Å². The van der Waals surface area contributed by atoms with Gasteiger partial charge in [0.15, 0.2) is 0 Å². The first-order chi connectivity index (χ1) is 12.9. The second-order valence-electron chi connectivity index (χ2n) is 6.87. The lowest BCUT2D eigenvalue weighted by atomic mass is 9.86. The van der Waals surface area contributed by atoms with Crippen molar-refractivity contribution >= 4 is 0 Å². The lowest BCUT2D eigenvalue weighted by molar-refractivity contribution is -0.0371. The number of H-pyrrole nitrogens is 1. The van der Waals surface area contributed by atoms with Crippen molar-refractivity contribution in [1.29, 1.82) is 0 Å². The van der Waals surface area contributed by atoms with Crippen LogP contribution in [0.3, 0.4) is 0 Å². The maximum atomic E-state index is 6.13. The summed E-state index contributed by atoms with van der Waals surface area (Å²) >= 11 is 0. The molecule has 4 rings (SSSR count). The Hall–Kier alpha value is -2.43. The second kappa shape index (κ2) is 8.30. The number of morpholine rings is 1. The predicted octanol–water partition coefficient (Wildman–Crippen LogP) is 3.83. The number of aromatic nitrogens is 2. The van der Waals surface area contributed by atoms with E-state index in [1.807, 2.05) is 12.4 Å². The lowest BCUT2D eigenvalue weighted by Gasteiger charge is -2.34. The van der Waals surface area contributed by atoms with Crippen molar-refractivity contribution in [2.24, 2.45) is 0 Å². The van der Waals surface area contributed by atoms with Gasteiger partial charge >= 0.3 is 0 Å². The molecule has 0 spiro atoms. The summed E-state index contributed by atoms with van der Waals surface area (Å²) in [7, 11) is 0. The molecule has 0 bridgehead atoms. The van der Waals surface area contributed by atoms with Crippen molar-refractivity contribution in [3.8, 4) is 0 Å². The molecule has 0 aliphatic carbocycles. The molecule has 2 heterocycles. The third-order valence-corrected chi connectivity index (χ3v) is 5.05. The Labute approximate surface area is 154 Å². The summed E-state index contributed by atoms with van der Waals surface area (Å²) in [4.78, 5) is 9.98. The minimum absolute atomic E-state index is 0.226. The number of benzene rings is 2. The number of nitrogens with one attached hydrogen (secondary N) is 1. The van der Waals surface area contributed by atoms with Gasteiger partial charge in [0.1, 0.15) is 5.82 Å². The Balaban J connectivity index is 1.48. The molecule has 1 aliphatic rings. The molecule has 0 saturated carbocycles. The largest absolute Gasteiger partial charge is 0.376 e. The highest BCUT2D eigenvalue weighted by Crippen LogP contribution is 2.31. The lowest BCUT2D eigenvalue weighted by Crippen LogP contribution is -2.42. The van der Waals surface area contributed by atoms with E-state index < -0.39 is 0 Å². The highest BCUT2D eigenvalue weighted by molar-refractivity contribution is 5.32. The highest BCUT2D eigenvalue weighted by atomic mass is 16.5. The Kier molecular flexibility index (Phi) is 5.43. The van der Waals surface area contributed by atoms with Crippen molar-refractivity contribution in [2.75, 3.05) is 19.7 Å². The molecule has 134 valence electrons. The topological polar surface area (TPSA) is 41.2 Å². The minimum Gasteiger partial charge on any atom is -0.376 e. The summed E-state index contributed by atoms with van der Waals surface area (Å²) in [6.45, 7) is 3.53. The van der Waals surface area contributed by atoms with Crippen molar-refractivity contribution in [3.05, 3.63) is 90.0 Å². The zero-order valence-electron chi connectivity index (χ0n) is 14.9. The molecule has 4 nitrogen and oxygen atoms in total. The number of hydrogen-bond acceptors (Lipinski definition) is 3. The monoisotopic (exact) mass is 347 g/mol. The second-order valence-corrected chi connectivity index (χ2v) is 6.87. The van der Waals surface area contributed by atoms with Gasteiger partial charge < -0.3 is 9.72 Å². The van der Waals surface area contributed by atoms with E-state index in [1.165, 1.54) is 11.1 Å². The van der Waals surface area contributed by atoms with Crippen molar-refractivity contribution < 1.29 is 4.74 Å². The zero-order valence-corrected chi connectivity index (χ0v) is 14.9. The van der Waals surface area contributed by atoms with Crippen molar-refractivity contribution in [2.45, 2.75) is 25.0 Å². The maximum Gasteiger partial charge on any atom is 0.120 e. The summed E-state index contributed by atoms with van der Waals surface area (Å²) in [5.41, 5.74) is 2.70. The summed E-state index contributed by atoms with van der Waals surface area (Å²) in [5, 5.41) is 0. The van der Waals surface area contributed by atoms with E-state index in [0.717, 1.165) is 38.5 Å². The molecule has 0 amide bonds. The summed E-state index contributed by atoms with van der Waals surface area (Å²) in [5.74, 6) is 1.37. The van der Waals surface area contributed by atoms with E-state index in [9.17, 15) is 0 Å². The Bertz CT molecular complexity index is 734.